The summed E-state index contributed by atoms with van der Waals surface area (Å²) in [6, 6.07) is 23.2. The fourth-order valence-electron chi connectivity index (χ4n) is 4.84. The van der Waals surface area contributed by atoms with Crippen LogP contribution in [0.2, 0.25) is 0 Å². The number of fused-ring (bicyclic) bond motifs is 2. The number of benzene rings is 4. The molecule has 0 saturated carbocycles. The third kappa shape index (κ3) is 6.90. The van der Waals surface area contributed by atoms with E-state index in [9.17, 15) is 18.5 Å². The van der Waals surface area contributed by atoms with Gasteiger partial charge in [0.05, 0.1) is 19.4 Å². The van der Waals surface area contributed by atoms with Gasteiger partial charge in [0, 0.05) is 0 Å². The number of hydrogen-bond donors (Lipinski definition) is 2. The van der Waals surface area contributed by atoms with E-state index in [-0.39, 0.29) is 12.2 Å². The monoisotopic (exact) mass is 586 g/mol. The number of methoxy groups -OCH3 is 1. The first-order valence-electron chi connectivity index (χ1n) is 13.2. The van der Waals surface area contributed by atoms with Crippen molar-refractivity contribution in [3.8, 4) is 5.75 Å². The van der Waals surface area contributed by atoms with Gasteiger partial charge in [-0.2, -0.15) is 0 Å². The van der Waals surface area contributed by atoms with E-state index in [0.717, 1.165) is 49.3 Å². The van der Waals surface area contributed by atoms with Crippen molar-refractivity contribution in [3.63, 3.8) is 0 Å². The van der Waals surface area contributed by atoms with Crippen molar-refractivity contribution in [2.45, 2.75) is 31.1 Å². The van der Waals surface area contributed by atoms with Crippen LogP contribution in [0.5, 0.6) is 5.75 Å². The molecule has 0 saturated heterocycles. The van der Waals surface area contributed by atoms with E-state index in [2.05, 4.69) is 0 Å². The smallest absolute Gasteiger partial charge is 0.310 e. The standard InChI is InChI=1S/C20H17FO3S.C14H14O3/c1-12-17(9-13-3-6-15(7-4-13)25(2)24)16-8-5-14(21)10-19(16)18(12)11-20(22)23;1-9(14(15)16)10-3-4-12-8-13(17-2)6-5-11(12)7-10/h3-10H,11H2,1-2H3,(H,22,23);3-9H,1-2H3,(H,15,16)/b17-9-;/t;9-/m.0/s1. The van der Waals surface area contributed by atoms with Gasteiger partial charge in [0.1, 0.15) is 17.8 Å². The summed E-state index contributed by atoms with van der Waals surface area (Å²) in [5.41, 5.74) is 5.56. The van der Waals surface area contributed by atoms with Crippen LogP contribution in [0.15, 0.2) is 89.3 Å². The Labute approximate surface area is 247 Å². The molecule has 0 bridgehead atoms. The van der Waals surface area contributed by atoms with Gasteiger partial charge in [0.15, 0.2) is 4.90 Å². The molecule has 0 radical (unpaired) electrons. The highest BCUT2D eigenvalue weighted by atomic mass is 32.2. The van der Waals surface area contributed by atoms with Crippen LogP contribution in [-0.2, 0) is 20.8 Å². The lowest BCUT2D eigenvalue weighted by Gasteiger charge is -2.08. The molecule has 0 amide bonds. The number of rotatable bonds is 7. The van der Waals surface area contributed by atoms with Gasteiger partial charge in [-0.25, -0.2) is 4.39 Å². The highest BCUT2D eigenvalue weighted by Crippen LogP contribution is 2.43. The zero-order valence-corrected chi connectivity index (χ0v) is 24.5. The fraction of sp³-hybridized carbons (Fsp3) is 0.176. The maximum atomic E-state index is 13.7. The minimum absolute atomic E-state index is 0.145. The van der Waals surface area contributed by atoms with Gasteiger partial charge in [0.2, 0.25) is 0 Å². The molecule has 0 spiro atoms. The van der Waals surface area contributed by atoms with E-state index >= 15 is 0 Å². The van der Waals surface area contributed by atoms with Crippen LogP contribution in [0, 0.1) is 5.82 Å². The molecule has 0 aliphatic heterocycles. The van der Waals surface area contributed by atoms with Crippen molar-refractivity contribution >= 4 is 51.1 Å². The number of aliphatic carboxylic acids is 2. The van der Waals surface area contributed by atoms with Crippen LogP contribution < -0.4 is 4.74 Å². The molecule has 2 atom stereocenters. The van der Waals surface area contributed by atoms with Crippen molar-refractivity contribution < 1.29 is 33.5 Å². The first-order chi connectivity index (χ1) is 20.0. The van der Waals surface area contributed by atoms with Crippen LogP contribution in [0.4, 0.5) is 4.39 Å². The average Bonchev–Trinajstić information content (AvgIpc) is 3.21. The molecule has 5 rings (SSSR count). The molecule has 0 aromatic heterocycles. The van der Waals surface area contributed by atoms with Crippen LogP contribution in [0.1, 0.15) is 48.4 Å². The first-order valence-corrected chi connectivity index (χ1v) is 14.7. The molecule has 8 heteroatoms. The molecule has 42 heavy (non-hydrogen) atoms. The summed E-state index contributed by atoms with van der Waals surface area (Å²) >= 11 is -1.04. The summed E-state index contributed by atoms with van der Waals surface area (Å²) in [5, 5.41) is 20.2. The van der Waals surface area contributed by atoms with Crippen molar-refractivity contribution in [1.29, 1.82) is 0 Å². The quantitative estimate of drug-likeness (QED) is 0.219. The first kappa shape index (κ1) is 30.6. The molecular formula is C34H31FO6S. The number of halogens is 1. The van der Waals surface area contributed by atoms with Gasteiger partial charge in [-0.15, -0.1) is 0 Å². The molecule has 1 aliphatic rings. The highest BCUT2D eigenvalue weighted by Gasteiger charge is 2.25. The Morgan fingerprint density at radius 3 is 2.24 bits per heavy atom. The van der Waals surface area contributed by atoms with Gasteiger partial charge < -0.3 is 19.5 Å². The Hall–Kier alpha value is -4.40. The highest BCUT2D eigenvalue weighted by molar-refractivity contribution is 7.90. The topological polar surface area (TPSA) is 107 Å². The van der Waals surface area contributed by atoms with Crippen molar-refractivity contribution in [2.24, 2.45) is 0 Å². The van der Waals surface area contributed by atoms with E-state index in [0.29, 0.717) is 11.1 Å². The van der Waals surface area contributed by atoms with E-state index < -0.39 is 29.0 Å². The predicted octanol–water partition coefficient (Wildman–Crippen LogP) is 7.40. The van der Waals surface area contributed by atoms with Gasteiger partial charge in [-0.3, -0.25) is 9.59 Å². The number of ether oxygens (including phenoxy) is 1. The largest absolute Gasteiger partial charge is 0.612 e. The molecule has 1 aliphatic carbocycles. The molecule has 0 fully saturated rings. The lowest BCUT2D eigenvalue weighted by Crippen LogP contribution is -2.06. The third-order valence-corrected chi connectivity index (χ3v) is 8.18. The minimum Gasteiger partial charge on any atom is -0.612 e. The molecule has 6 nitrogen and oxygen atoms in total. The van der Waals surface area contributed by atoms with Gasteiger partial charge in [-0.1, -0.05) is 30.3 Å². The zero-order valence-electron chi connectivity index (χ0n) is 23.7. The van der Waals surface area contributed by atoms with E-state index in [4.69, 9.17) is 14.9 Å². The van der Waals surface area contributed by atoms with Gasteiger partial charge >= 0.3 is 11.9 Å². The Bertz CT molecular complexity index is 1710. The summed E-state index contributed by atoms with van der Waals surface area (Å²) in [6.45, 7) is 3.55. The van der Waals surface area contributed by atoms with Crippen molar-refractivity contribution in [2.75, 3.05) is 13.4 Å². The minimum atomic E-state index is -1.04. The predicted molar refractivity (Wildman–Crippen MR) is 164 cm³/mol. The molecule has 0 heterocycles. The second kappa shape index (κ2) is 13.1. The van der Waals surface area contributed by atoms with Crippen LogP contribution in [-0.4, -0.2) is 40.1 Å². The molecule has 4 aromatic carbocycles. The SMILES string of the molecule is CC1=C(CC(=O)O)c2cc(F)ccc2/C1=C\c1ccc([S+](C)[O-])cc1.COc1ccc2cc([C@H](C)C(=O)O)ccc2c1. The summed E-state index contributed by atoms with van der Waals surface area (Å²) in [5.74, 6) is -1.82. The molecule has 216 valence electrons. The van der Waals surface area contributed by atoms with Crippen LogP contribution in [0.3, 0.4) is 0 Å². The van der Waals surface area contributed by atoms with E-state index in [1.807, 2.05) is 61.5 Å². The summed E-state index contributed by atoms with van der Waals surface area (Å²) in [6.07, 6.45) is 3.43. The Morgan fingerprint density at radius 2 is 1.62 bits per heavy atom. The summed E-state index contributed by atoms with van der Waals surface area (Å²) in [4.78, 5) is 22.8. The number of hydrogen-bond acceptors (Lipinski definition) is 4. The maximum Gasteiger partial charge on any atom is 0.310 e. The number of carboxylic acid groups (broad SMARTS) is 2. The number of carboxylic acids is 2. The fourth-order valence-corrected chi connectivity index (χ4v) is 5.36. The number of allylic oxidation sites excluding steroid dienone is 2. The Kier molecular flexibility index (Phi) is 9.50. The lowest BCUT2D eigenvalue weighted by molar-refractivity contribution is -0.138. The Morgan fingerprint density at radius 1 is 0.952 bits per heavy atom. The third-order valence-electron chi connectivity index (χ3n) is 7.25. The summed E-state index contributed by atoms with van der Waals surface area (Å²) in [7, 11) is 1.63. The van der Waals surface area contributed by atoms with Crippen LogP contribution in [0.25, 0.3) is 28.0 Å². The molecule has 2 N–H and O–H groups in total. The second-order valence-electron chi connectivity index (χ2n) is 9.98. The van der Waals surface area contributed by atoms with Crippen molar-refractivity contribution in [3.05, 3.63) is 113 Å². The van der Waals surface area contributed by atoms with Gasteiger partial charge in [-0.05, 0) is 129 Å². The zero-order chi connectivity index (χ0) is 30.6. The second-order valence-corrected chi connectivity index (χ2v) is 11.4. The normalized spacial score (nSPS) is 14.7. The van der Waals surface area contributed by atoms with Crippen LogP contribution >= 0.6 is 0 Å². The van der Waals surface area contributed by atoms with E-state index in [1.54, 1.807) is 38.5 Å². The van der Waals surface area contributed by atoms with Crippen molar-refractivity contribution in [1.82, 2.24) is 0 Å². The summed E-state index contributed by atoms with van der Waals surface area (Å²) < 4.78 is 30.3. The lowest BCUT2D eigenvalue weighted by atomic mass is 9.98. The van der Waals surface area contributed by atoms with Gasteiger partial charge in [0.25, 0.3) is 0 Å². The molecule has 1 unspecified atom stereocenters. The molecule has 4 aromatic rings. The van der Waals surface area contributed by atoms with E-state index in [1.165, 1.54) is 12.1 Å². The maximum absolute atomic E-state index is 13.7. The molecular weight excluding hydrogens is 555 g/mol. The Balaban J connectivity index is 0.000000208. The number of carbonyl (C=O) groups is 2. The average molecular weight is 587 g/mol.